The molecule has 1 unspecified atom stereocenters. The molecule has 3 rings (SSSR count). The quantitative estimate of drug-likeness (QED) is 0.773. The molecule has 2 aromatic carbocycles. The van der Waals surface area contributed by atoms with Crippen LogP contribution in [0, 0.1) is 0 Å². The molecule has 6 heteroatoms. The summed E-state index contributed by atoms with van der Waals surface area (Å²) in [5, 5.41) is 3.80. The van der Waals surface area contributed by atoms with Crippen molar-refractivity contribution in [3.63, 3.8) is 0 Å². The Bertz CT molecular complexity index is 774. The summed E-state index contributed by atoms with van der Waals surface area (Å²) in [6.07, 6.45) is 0. The van der Waals surface area contributed by atoms with Crippen molar-refractivity contribution in [2.45, 2.75) is 19.6 Å². The van der Waals surface area contributed by atoms with Gasteiger partial charge < -0.3 is 15.0 Å². The summed E-state index contributed by atoms with van der Waals surface area (Å²) in [6, 6.07) is 14.9. The summed E-state index contributed by atoms with van der Waals surface area (Å²) in [4.78, 5) is 17.5. The summed E-state index contributed by atoms with van der Waals surface area (Å²) in [7, 11) is 2.14. The zero-order chi connectivity index (χ0) is 19.9. The number of hydrogen-bond acceptors (Lipinski definition) is 4. The second-order valence-corrected chi connectivity index (χ2v) is 7.83. The van der Waals surface area contributed by atoms with Crippen molar-refractivity contribution in [3.05, 3.63) is 64.7 Å². The molecule has 2 aromatic rings. The van der Waals surface area contributed by atoms with E-state index in [2.05, 4.69) is 22.2 Å². The molecule has 1 N–H and O–H groups in total. The first-order valence-corrected chi connectivity index (χ1v) is 10.1. The molecule has 150 valence electrons. The highest BCUT2D eigenvalue weighted by molar-refractivity contribution is 6.30. The molecular formula is C22H28ClN3O2. The van der Waals surface area contributed by atoms with Gasteiger partial charge in [0, 0.05) is 43.8 Å². The normalized spacial score (nSPS) is 16.5. The van der Waals surface area contributed by atoms with Crippen LogP contribution in [0.3, 0.4) is 0 Å². The van der Waals surface area contributed by atoms with Gasteiger partial charge in [0.15, 0.2) is 0 Å². The van der Waals surface area contributed by atoms with Crippen LogP contribution in [0.1, 0.15) is 22.8 Å². The molecule has 1 aliphatic rings. The lowest BCUT2D eigenvalue weighted by molar-refractivity contribution is 0.0910. The first-order valence-electron chi connectivity index (χ1n) is 9.69. The number of ether oxygens (including phenoxy) is 1. The molecule has 1 aliphatic heterocycles. The number of carbonyl (C=O) groups excluding carboxylic acids is 1. The lowest BCUT2D eigenvalue weighted by atomic mass is 10.1. The van der Waals surface area contributed by atoms with E-state index >= 15 is 0 Å². The highest BCUT2D eigenvalue weighted by Gasteiger charge is 2.19. The van der Waals surface area contributed by atoms with Crippen molar-refractivity contribution in [1.82, 2.24) is 15.1 Å². The number of piperazine rings is 1. The van der Waals surface area contributed by atoms with Crippen LogP contribution in [0.5, 0.6) is 5.75 Å². The number of nitrogens with zero attached hydrogens (tertiary/aromatic N) is 2. The van der Waals surface area contributed by atoms with Crippen molar-refractivity contribution in [2.24, 2.45) is 0 Å². The Morgan fingerprint density at radius 3 is 2.50 bits per heavy atom. The second kappa shape index (κ2) is 9.92. The van der Waals surface area contributed by atoms with Crippen molar-refractivity contribution >= 4 is 17.5 Å². The second-order valence-electron chi connectivity index (χ2n) is 7.39. The third-order valence-electron chi connectivity index (χ3n) is 4.94. The molecule has 1 heterocycles. The smallest absolute Gasteiger partial charge is 0.255 e. The Morgan fingerprint density at radius 2 is 1.79 bits per heavy atom. The minimum absolute atomic E-state index is 0.0697. The zero-order valence-electron chi connectivity index (χ0n) is 16.5. The highest BCUT2D eigenvalue weighted by atomic mass is 35.5. The van der Waals surface area contributed by atoms with Crippen LogP contribution in [-0.4, -0.2) is 61.5 Å². The summed E-state index contributed by atoms with van der Waals surface area (Å²) < 4.78 is 5.91. The van der Waals surface area contributed by atoms with Crippen LogP contribution in [0.4, 0.5) is 0 Å². The SMILES string of the molecule is CC(CN1CCN(C)CC1)NC(=O)c1ccccc1OCc1ccc(Cl)cc1. The van der Waals surface area contributed by atoms with E-state index in [0.717, 1.165) is 38.3 Å². The van der Waals surface area contributed by atoms with E-state index in [1.165, 1.54) is 0 Å². The molecule has 0 saturated carbocycles. The van der Waals surface area contributed by atoms with Crippen LogP contribution in [-0.2, 0) is 6.61 Å². The number of carbonyl (C=O) groups is 1. The fourth-order valence-electron chi connectivity index (χ4n) is 3.29. The lowest BCUT2D eigenvalue weighted by Gasteiger charge is -2.34. The van der Waals surface area contributed by atoms with Gasteiger partial charge in [0.2, 0.25) is 0 Å². The fourth-order valence-corrected chi connectivity index (χ4v) is 3.41. The molecule has 28 heavy (non-hydrogen) atoms. The molecule has 1 saturated heterocycles. The molecule has 0 spiro atoms. The van der Waals surface area contributed by atoms with Crippen LogP contribution < -0.4 is 10.1 Å². The minimum Gasteiger partial charge on any atom is -0.488 e. The molecular weight excluding hydrogens is 374 g/mol. The number of rotatable bonds is 7. The molecule has 0 aliphatic carbocycles. The molecule has 0 radical (unpaired) electrons. The highest BCUT2D eigenvalue weighted by Crippen LogP contribution is 2.20. The molecule has 1 amide bonds. The van der Waals surface area contributed by atoms with Crippen LogP contribution >= 0.6 is 11.6 Å². The first kappa shape index (κ1) is 20.6. The zero-order valence-corrected chi connectivity index (χ0v) is 17.3. The number of amides is 1. The number of halogens is 1. The van der Waals surface area contributed by atoms with Gasteiger partial charge in [0.25, 0.3) is 5.91 Å². The van der Waals surface area contributed by atoms with Gasteiger partial charge in [0.05, 0.1) is 5.56 Å². The van der Waals surface area contributed by atoms with Crippen molar-refractivity contribution in [1.29, 1.82) is 0 Å². The van der Waals surface area contributed by atoms with Gasteiger partial charge in [0.1, 0.15) is 12.4 Å². The first-order chi connectivity index (χ1) is 13.5. The van der Waals surface area contributed by atoms with Crippen LogP contribution in [0.15, 0.2) is 48.5 Å². The predicted molar refractivity (Wildman–Crippen MR) is 113 cm³/mol. The van der Waals surface area contributed by atoms with Crippen molar-refractivity contribution in [3.8, 4) is 5.75 Å². The Balaban J connectivity index is 1.56. The average Bonchev–Trinajstić information content (AvgIpc) is 2.69. The van der Waals surface area contributed by atoms with Gasteiger partial charge >= 0.3 is 0 Å². The van der Waals surface area contributed by atoms with E-state index in [1.807, 2.05) is 49.4 Å². The van der Waals surface area contributed by atoms with Gasteiger partial charge in [-0.25, -0.2) is 0 Å². The number of benzene rings is 2. The van der Waals surface area contributed by atoms with Crippen LogP contribution in [0.25, 0.3) is 0 Å². The van der Waals surface area contributed by atoms with E-state index in [-0.39, 0.29) is 11.9 Å². The predicted octanol–water partition coefficient (Wildman–Crippen LogP) is 3.28. The summed E-state index contributed by atoms with van der Waals surface area (Å²) in [5.41, 5.74) is 1.56. The van der Waals surface area contributed by atoms with Crippen molar-refractivity contribution in [2.75, 3.05) is 39.8 Å². The van der Waals surface area contributed by atoms with E-state index in [9.17, 15) is 4.79 Å². The summed E-state index contributed by atoms with van der Waals surface area (Å²) in [6.45, 7) is 7.51. The minimum atomic E-state index is -0.103. The Hall–Kier alpha value is -2.08. The van der Waals surface area contributed by atoms with Crippen molar-refractivity contribution < 1.29 is 9.53 Å². The van der Waals surface area contributed by atoms with E-state index < -0.39 is 0 Å². The summed E-state index contributed by atoms with van der Waals surface area (Å²) >= 11 is 5.92. The van der Waals surface area contributed by atoms with Crippen LogP contribution in [0.2, 0.25) is 5.02 Å². The Morgan fingerprint density at radius 1 is 1.11 bits per heavy atom. The maximum absolute atomic E-state index is 12.8. The maximum Gasteiger partial charge on any atom is 0.255 e. The van der Waals surface area contributed by atoms with E-state index in [0.29, 0.717) is 22.9 Å². The van der Waals surface area contributed by atoms with Gasteiger partial charge in [-0.1, -0.05) is 35.9 Å². The van der Waals surface area contributed by atoms with E-state index in [4.69, 9.17) is 16.3 Å². The number of nitrogens with one attached hydrogen (secondary N) is 1. The third kappa shape index (κ3) is 5.96. The largest absolute Gasteiger partial charge is 0.488 e. The number of para-hydroxylation sites is 1. The monoisotopic (exact) mass is 401 g/mol. The van der Waals surface area contributed by atoms with Gasteiger partial charge in [-0.2, -0.15) is 0 Å². The number of hydrogen-bond donors (Lipinski definition) is 1. The molecule has 1 fully saturated rings. The van der Waals surface area contributed by atoms with Gasteiger partial charge in [-0.3, -0.25) is 9.69 Å². The Labute approximate surface area is 172 Å². The lowest BCUT2D eigenvalue weighted by Crippen LogP contribution is -2.49. The van der Waals surface area contributed by atoms with Gasteiger partial charge in [-0.15, -0.1) is 0 Å². The van der Waals surface area contributed by atoms with E-state index in [1.54, 1.807) is 6.07 Å². The standard InChI is InChI=1S/C22H28ClN3O2/c1-17(15-26-13-11-25(2)12-14-26)24-22(27)20-5-3-4-6-21(20)28-16-18-7-9-19(23)10-8-18/h3-10,17H,11-16H2,1-2H3,(H,24,27). The topological polar surface area (TPSA) is 44.8 Å². The Kier molecular flexibility index (Phi) is 7.31. The molecule has 1 atom stereocenters. The third-order valence-corrected chi connectivity index (χ3v) is 5.20. The molecule has 5 nitrogen and oxygen atoms in total. The maximum atomic E-state index is 12.8. The molecule has 0 aromatic heterocycles. The average molecular weight is 402 g/mol. The number of likely N-dealkylation sites (N-methyl/N-ethyl adjacent to an activating group) is 1. The molecule has 0 bridgehead atoms. The fraction of sp³-hybridized carbons (Fsp3) is 0.409. The van der Waals surface area contributed by atoms with Gasteiger partial charge in [-0.05, 0) is 43.8 Å². The summed E-state index contributed by atoms with van der Waals surface area (Å²) in [5.74, 6) is 0.482.